The molecule has 1 atom stereocenters. The second kappa shape index (κ2) is 6.70. The van der Waals surface area contributed by atoms with Gasteiger partial charge in [0.25, 0.3) is 11.8 Å². The van der Waals surface area contributed by atoms with E-state index in [0.29, 0.717) is 5.75 Å². The van der Waals surface area contributed by atoms with E-state index < -0.39 is 35.4 Å². The number of imide groups is 2. The molecule has 2 fully saturated rings. The van der Waals surface area contributed by atoms with Gasteiger partial charge in [0.05, 0.1) is 11.1 Å². The van der Waals surface area contributed by atoms with Gasteiger partial charge in [-0.25, -0.2) is 0 Å². The highest BCUT2D eigenvalue weighted by molar-refractivity contribution is 6.23. The van der Waals surface area contributed by atoms with E-state index in [1.807, 2.05) is 13.8 Å². The zero-order chi connectivity index (χ0) is 20.1. The number of carbonyl (C=O) groups excluding carboxylic acids is 4. The van der Waals surface area contributed by atoms with E-state index in [4.69, 9.17) is 4.74 Å². The molecule has 0 spiro atoms. The van der Waals surface area contributed by atoms with E-state index in [2.05, 4.69) is 10.6 Å². The standard InChI is InChI=1S/C20H23N3O5/c1-11(2)22-20(8-3-9-20)28-12-4-5-13-14(10-12)19(27)23(18(13)26)15-6-7-16(24)21-17(15)25/h4-5,10-11,15,22H,3,6-9H2,1-2H3,(H,21,24,25). The Hall–Kier alpha value is -2.74. The summed E-state index contributed by atoms with van der Waals surface area (Å²) >= 11 is 0. The fourth-order valence-electron chi connectivity index (χ4n) is 4.04. The fourth-order valence-corrected chi connectivity index (χ4v) is 4.04. The molecule has 3 aliphatic rings. The van der Waals surface area contributed by atoms with Crippen molar-refractivity contribution in [1.29, 1.82) is 0 Å². The van der Waals surface area contributed by atoms with E-state index in [-0.39, 0.29) is 30.0 Å². The van der Waals surface area contributed by atoms with Crippen LogP contribution in [0.1, 0.15) is 66.7 Å². The lowest BCUT2D eigenvalue weighted by Gasteiger charge is -2.43. The summed E-state index contributed by atoms with van der Waals surface area (Å²) in [6, 6.07) is 4.11. The number of amides is 4. The molecule has 0 aromatic heterocycles. The molecule has 28 heavy (non-hydrogen) atoms. The number of ether oxygens (including phenoxy) is 1. The van der Waals surface area contributed by atoms with Crippen molar-refractivity contribution in [2.75, 3.05) is 0 Å². The van der Waals surface area contributed by atoms with Gasteiger partial charge in [0, 0.05) is 25.3 Å². The van der Waals surface area contributed by atoms with Crippen molar-refractivity contribution in [3.05, 3.63) is 29.3 Å². The normalized spacial score (nSPS) is 23.5. The molecule has 1 saturated carbocycles. The number of piperidine rings is 1. The van der Waals surface area contributed by atoms with Crippen molar-refractivity contribution in [2.24, 2.45) is 0 Å². The van der Waals surface area contributed by atoms with Gasteiger partial charge in [-0.2, -0.15) is 0 Å². The maximum Gasteiger partial charge on any atom is 0.262 e. The van der Waals surface area contributed by atoms with Crippen LogP contribution in [0.25, 0.3) is 0 Å². The van der Waals surface area contributed by atoms with E-state index >= 15 is 0 Å². The number of nitrogens with zero attached hydrogens (tertiary/aromatic N) is 1. The molecule has 1 aromatic rings. The Morgan fingerprint density at radius 2 is 1.86 bits per heavy atom. The molecule has 0 bridgehead atoms. The number of fused-ring (bicyclic) bond motifs is 1. The number of hydrogen-bond donors (Lipinski definition) is 2. The van der Waals surface area contributed by atoms with Crippen LogP contribution in [-0.4, -0.2) is 46.3 Å². The van der Waals surface area contributed by atoms with Gasteiger partial charge in [-0.3, -0.25) is 34.7 Å². The fraction of sp³-hybridized carbons (Fsp3) is 0.500. The molecule has 2 N–H and O–H groups in total. The molecule has 148 valence electrons. The van der Waals surface area contributed by atoms with Gasteiger partial charge >= 0.3 is 0 Å². The largest absolute Gasteiger partial charge is 0.473 e. The Kier molecular flexibility index (Phi) is 4.45. The summed E-state index contributed by atoms with van der Waals surface area (Å²) in [4.78, 5) is 50.1. The summed E-state index contributed by atoms with van der Waals surface area (Å²) in [5.74, 6) is -1.54. The summed E-state index contributed by atoms with van der Waals surface area (Å²) in [7, 11) is 0. The lowest BCUT2D eigenvalue weighted by Crippen LogP contribution is -2.57. The lowest BCUT2D eigenvalue weighted by atomic mass is 9.87. The number of carbonyl (C=O) groups is 4. The Labute approximate surface area is 162 Å². The maximum atomic E-state index is 12.9. The van der Waals surface area contributed by atoms with E-state index in [1.165, 1.54) is 0 Å². The monoisotopic (exact) mass is 385 g/mol. The minimum atomic E-state index is -0.963. The number of hydrogen-bond acceptors (Lipinski definition) is 6. The van der Waals surface area contributed by atoms with Gasteiger partial charge in [0.15, 0.2) is 5.72 Å². The van der Waals surface area contributed by atoms with Gasteiger partial charge in [-0.05, 0) is 44.9 Å². The molecule has 1 saturated heterocycles. The minimum absolute atomic E-state index is 0.0988. The first-order valence-corrected chi connectivity index (χ1v) is 9.62. The van der Waals surface area contributed by atoms with Crippen molar-refractivity contribution in [2.45, 2.75) is 63.8 Å². The third-order valence-electron chi connectivity index (χ3n) is 5.44. The van der Waals surface area contributed by atoms with Crippen LogP contribution in [0.2, 0.25) is 0 Å². The number of rotatable bonds is 5. The third-order valence-corrected chi connectivity index (χ3v) is 5.44. The molecule has 8 nitrogen and oxygen atoms in total. The highest BCUT2D eigenvalue weighted by Gasteiger charge is 2.45. The van der Waals surface area contributed by atoms with E-state index in [1.54, 1.807) is 18.2 Å². The zero-order valence-corrected chi connectivity index (χ0v) is 15.9. The Morgan fingerprint density at radius 3 is 2.46 bits per heavy atom. The highest BCUT2D eigenvalue weighted by Crippen LogP contribution is 2.37. The number of benzene rings is 1. The van der Waals surface area contributed by atoms with Crippen molar-refractivity contribution < 1.29 is 23.9 Å². The van der Waals surface area contributed by atoms with Crippen LogP contribution in [0.4, 0.5) is 0 Å². The van der Waals surface area contributed by atoms with Gasteiger partial charge in [-0.15, -0.1) is 0 Å². The molecule has 8 heteroatoms. The summed E-state index contributed by atoms with van der Waals surface area (Å²) in [6.45, 7) is 4.10. The first-order chi connectivity index (χ1) is 13.3. The SMILES string of the molecule is CC(C)NC1(Oc2ccc3c(c2)C(=O)N(C2CCC(=O)NC2=O)C3=O)CCC1. The number of nitrogens with one attached hydrogen (secondary N) is 2. The van der Waals surface area contributed by atoms with Crippen LogP contribution in [0.3, 0.4) is 0 Å². The van der Waals surface area contributed by atoms with Crippen molar-refractivity contribution in [3.63, 3.8) is 0 Å². The molecule has 0 radical (unpaired) electrons. The average molecular weight is 385 g/mol. The molecule has 2 aliphatic heterocycles. The predicted molar refractivity (Wildman–Crippen MR) is 98.6 cm³/mol. The topological polar surface area (TPSA) is 105 Å². The average Bonchev–Trinajstić information content (AvgIpc) is 2.84. The molecule has 4 amide bonds. The van der Waals surface area contributed by atoms with E-state index in [0.717, 1.165) is 24.2 Å². The molecular weight excluding hydrogens is 362 g/mol. The zero-order valence-electron chi connectivity index (χ0n) is 15.9. The summed E-state index contributed by atoms with van der Waals surface area (Å²) in [6.07, 6.45) is 3.04. The van der Waals surface area contributed by atoms with Gasteiger partial charge in [-0.1, -0.05) is 0 Å². The van der Waals surface area contributed by atoms with Crippen LogP contribution in [0.5, 0.6) is 5.75 Å². The summed E-state index contributed by atoms with van der Waals surface area (Å²) in [5, 5.41) is 5.62. The Balaban J connectivity index is 1.57. The van der Waals surface area contributed by atoms with Crippen LogP contribution < -0.4 is 15.4 Å². The highest BCUT2D eigenvalue weighted by atomic mass is 16.5. The van der Waals surface area contributed by atoms with Crippen LogP contribution in [-0.2, 0) is 9.59 Å². The second-order valence-electron chi connectivity index (χ2n) is 7.90. The second-order valence-corrected chi connectivity index (χ2v) is 7.90. The van der Waals surface area contributed by atoms with E-state index in [9.17, 15) is 19.2 Å². The van der Waals surface area contributed by atoms with Gasteiger partial charge in [0.1, 0.15) is 11.8 Å². The molecule has 2 heterocycles. The smallest absolute Gasteiger partial charge is 0.262 e. The van der Waals surface area contributed by atoms with Crippen molar-refractivity contribution >= 4 is 23.6 Å². The quantitative estimate of drug-likeness (QED) is 0.586. The third kappa shape index (κ3) is 3.07. The first kappa shape index (κ1) is 18.6. The minimum Gasteiger partial charge on any atom is -0.473 e. The maximum absolute atomic E-state index is 12.9. The Morgan fingerprint density at radius 1 is 1.14 bits per heavy atom. The Bertz CT molecular complexity index is 875. The summed E-state index contributed by atoms with van der Waals surface area (Å²) in [5.41, 5.74) is 0.0323. The molecule has 1 aliphatic carbocycles. The van der Waals surface area contributed by atoms with Crippen LogP contribution in [0, 0.1) is 0 Å². The first-order valence-electron chi connectivity index (χ1n) is 9.62. The molecular formula is C20H23N3O5. The predicted octanol–water partition coefficient (Wildman–Crippen LogP) is 1.34. The van der Waals surface area contributed by atoms with Crippen LogP contribution >= 0.6 is 0 Å². The van der Waals surface area contributed by atoms with Gasteiger partial charge < -0.3 is 4.74 Å². The molecule has 1 unspecified atom stereocenters. The molecule has 1 aromatic carbocycles. The van der Waals surface area contributed by atoms with Crippen molar-refractivity contribution in [3.8, 4) is 5.75 Å². The molecule has 4 rings (SSSR count). The van der Waals surface area contributed by atoms with Gasteiger partial charge in [0.2, 0.25) is 11.8 Å². The lowest BCUT2D eigenvalue weighted by molar-refractivity contribution is -0.136. The summed E-state index contributed by atoms with van der Waals surface area (Å²) < 4.78 is 6.16. The van der Waals surface area contributed by atoms with Crippen molar-refractivity contribution in [1.82, 2.24) is 15.5 Å². The van der Waals surface area contributed by atoms with Crippen LogP contribution in [0.15, 0.2) is 18.2 Å².